The van der Waals surface area contributed by atoms with Crippen LogP contribution in [0.4, 0.5) is 11.6 Å². The van der Waals surface area contributed by atoms with Gasteiger partial charge in [-0.3, -0.25) is 0 Å². The van der Waals surface area contributed by atoms with E-state index in [1.165, 1.54) is 25.7 Å². The molecule has 0 aromatic carbocycles. The number of nitrogens with one attached hydrogen (secondary N) is 2. The van der Waals surface area contributed by atoms with E-state index in [9.17, 15) is 0 Å². The fourth-order valence-corrected chi connectivity index (χ4v) is 2.32. The highest BCUT2D eigenvalue weighted by Crippen LogP contribution is 2.38. The summed E-state index contributed by atoms with van der Waals surface area (Å²) < 4.78 is 0. The van der Waals surface area contributed by atoms with Gasteiger partial charge in [0.15, 0.2) is 0 Å². The Morgan fingerprint density at radius 3 is 2.48 bits per heavy atom. The normalized spacial score (nSPS) is 16.0. The van der Waals surface area contributed by atoms with Crippen molar-refractivity contribution >= 4 is 11.6 Å². The zero-order valence-corrected chi connectivity index (χ0v) is 13.9. The van der Waals surface area contributed by atoms with E-state index < -0.39 is 0 Å². The van der Waals surface area contributed by atoms with Crippen LogP contribution in [-0.4, -0.2) is 22.6 Å². The Kier molecular flexibility index (Phi) is 5.83. The van der Waals surface area contributed by atoms with E-state index in [0.717, 1.165) is 36.3 Å². The number of rotatable bonds is 9. The third kappa shape index (κ3) is 5.52. The van der Waals surface area contributed by atoms with Crippen LogP contribution in [0.15, 0.2) is 6.07 Å². The SMILES string of the molecule is CCCNc1cc(NC(C)CCC(C)C)nc(C2CC2)n1. The third-order valence-corrected chi connectivity index (χ3v) is 3.81. The predicted molar refractivity (Wildman–Crippen MR) is 89.9 cm³/mol. The van der Waals surface area contributed by atoms with Gasteiger partial charge in [-0.15, -0.1) is 0 Å². The largest absolute Gasteiger partial charge is 0.370 e. The molecule has 0 bridgehead atoms. The summed E-state index contributed by atoms with van der Waals surface area (Å²) in [6, 6.07) is 2.50. The standard InChI is InChI=1S/C17H30N4/c1-5-10-18-15-11-16(19-13(4)7-6-12(2)3)21-17(20-15)14-8-9-14/h11-14H,5-10H2,1-4H3,(H2,18,19,20,21). The maximum Gasteiger partial charge on any atom is 0.136 e. The van der Waals surface area contributed by atoms with E-state index in [-0.39, 0.29) is 0 Å². The summed E-state index contributed by atoms with van der Waals surface area (Å²) in [7, 11) is 0. The molecule has 0 radical (unpaired) electrons. The molecule has 21 heavy (non-hydrogen) atoms. The number of hydrogen-bond donors (Lipinski definition) is 2. The predicted octanol–water partition coefficient (Wildman–Crippen LogP) is 4.41. The van der Waals surface area contributed by atoms with Crippen molar-refractivity contribution in [2.45, 2.75) is 71.8 Å². The molecular formula is C17H30N4. The first-order chi connectivity index (χ1) is 10.1. The highest BCUT2D eigenvalue weighted by atomic mass is 15.1. The summed E-state index contributed by atoms with van der Waals surface area (Å²) in [5, 5.41) is 6.94. The van der Waals surface area contributed by atoms with Crippen LogP contribution in [0, 0.1) is 5.92 Å². The molecule has 2 rings (SSSR count). The van der Waals surface area contributed by atoms with Gasteiger partial charge in [0.05, 0.1) is 0 Å². The van der Waals surface area contributed by atoms with Gasteiger partial charge in [-0.1, -0.05) is 20.8 Å². The molecule has 1 unspecified atom stereocenters. The van der Waals surface area contributed by atoms with Gasteiger partial charge in [-0.2, -0.15) is 0 Å². The van der Waals surface area contributed by atoms with Gasteiger partial charge in [-0.25, -0.2) is 9.97 Å². The molecule has 0 saturated heterocycles. The molecule has 1 saturated carbocycles. The van der Waals surface area contributed by atoms with E-state index in [4.69, 9.17) is 4.98 Å². The monoisotopic (exact) mass is 290 g/mol. The molecular weight excluding hydrogens is 260 g/mol. The molecule has 1 aromatic heterocycles. The van der Waals surface area contributed by atoms with Gasteiger partial charge in [-0.05, 0) is 44.9 Å². The van der Waals surface area contributed by atoms with Crippen LogP contribution >= 0.6 is 0 Å². The van der Waals surface area contributed by atoms with Crippen molar-refractivity contribution in [3.63, 3.8) is 0 Å². The van der Waals surface area contributed by atoms with E-state index in [2.05, 4.69) is 43.3 Å². The van der Waals surface area contributed by atoms with Crippen LogP contribution in [0.5, 0.6) is 0 Å². The number of nitrogens with zero attached hydrogens (tertiary/aromatic N) is 2. The minimum atomic E-state index is 0.452. The summed E-state index contributed by atoms with van der Waals surface area (Å²) in [5.41, 5.74) is 0. The van der Waals surface area contributed by atoms with E-state index in [1.54, 1.807) is 0 Å². The topological polar surface area (TPSA) is 49.8 Å². The molecule has 1 atom stereocenters. The van der Waals surface area contributed by atoms with Crippen LogP contribution in [0.25, 0.3) is 0 Å². The second-order valence-electron chi connectivity index (χ2n) is 6.71. The quantitative estimate of drug-likeness (QED) is 0.707. The maximum absolute atomic E-state index is 4.71. The van der Waals surface area contributed by atoms with E-state index in [0.29, 0.717) is 12.0 Å². The summed E-state index contributed by atoms with van der Waals surface area (Å²) >= 11 is 0. The molecule has 0 amide bonds. The summed E-state index contributed by atoms with van der Waals surface area (Å²) in [5.74, 6) is 4.28. The van der Waals surface area contributed by atoms with Gasteiger partial charge in [0.2, 0.25) is 0 Å². The van der Waals surface area contributed by atoms with Gasteiger partial charge in [0.1, 0.15) is 17.5 Å². The van der Waals surface area contributed by atoms with Crippen molar-refractivity contribution < 1.29 is 0 Å². The molecule has 4 heteroatoms. The summed E-state index contributed by atoms with van der Waals surface area (Å²) in [6.07, 6.45) is 6.00. The van der Waals surface area contributed by atoms with Crippen molar-refractivity contribution in [3.8, 4) is 0 Å². The molecule has 1 aliphatic rings. The molecule has 1 fully saturated rings. The minimum Gasteiger partial charge on any atom is -0.370 e. The first kappa shape index (κ1) is 16.1. The lowest BCUT2D eigenvalue weighted by Gasteiger charge is -2.17. The first-order valence-electron chi connectivity index (χ1n) is 8.47. The Hall–Kier alpha value is -1.32. The smallest absolute Gasteiger partial charge is 0.136 e. The molecule has 4 nitrogen and oxygen atoms in total. The van der Waals surface area contributed by atoms with Crippen LogP contribution in [0.3, 0.4) is 0 Å². The zero-order chi connectivity index (χ0) is 15.2. The Morgan fingerprint density at radius 1 is 1.14 bits per heavy atom. The van der Waals surface area contributed by atoms with Gasteiger partial charge < -0.3 is 10.6 Å². The Morgan fingerprint density at radius 2 is 1.86 bits per heavy atom. The van der Waals surface area contributed by atoms with Crippen LogP contribution in [0.1, 0.15) is 71.5 Å². The summed E-state index contributed by atoms with van der Waals surface area (Å²) in [6.45, 7) is 9.91. The first-order valence-corrected chi connectivity index (χ1v) is 8.47. The van der Waals surface area contributed by atoms with Crippen molar-refractivity contribution in [1.82, 2.24) is 9.97 Å². The molecule has 0 aliphatic heterocycles. The van der Waals surface area contributed by atoms with E-state index in [1.807, 2.05) is 6.07 Å². The lowest BCUT2D eigenvalue weighted by Crippen LogP contribution is -2.18. The molecule has 2 N–H and O–H groups in total. The average Bonchev–Trinajstić information content (AvgIpc) is 3.27. The number of hydrogen-bond acceptors (Lipinski definition) is 4. The number of anilines is 2. The third-order valence-electron chi connectivity index (χ3n) is 3.81. The Labute approximate surface area is 129 Å². The maximum atomic E-state index is 4.71. The lowest BCUT2D eigenvalue weighted by molar-refractivity contribution is 0.527. The molecule has 118 valence electrons. The van der Waals surface area contributed by atoms with E-state index >= 15 is 0 Å². The average molecular weight is 290 g/mol. The minimum absolute atomic E-state index is 0.452. The Bertz CT molecular complexity index is 440. The van der Waals surface area contributed by atoms with Crippen molar-refractivity contribution in [2.75, 3.05) is 17.2 Å². The van der Waals surface area contributed by atoms with Crippen LogP contribution in [-0.2, 0) is 0 Å². The molecule has 1 aromatic rings. The second kappa shape index (κ2) is 7.62. The van der Waals surface area contributed by atoms with Crippen LogP contribution < -0.4 is 10.6 Å². The lowest BCUT2D eigenvalue weighted by atomic mass is 10.0. The molecule has 0 spiro atoms. The summed E-state index contributed by atoms with van der Waals surface area (Å²) in [4.78, 5) is 9.36. The highest BCUT2D eigenvalue weighted by molar-refractivity contribution is 5.48. The van der Waals surface area contributed by atoms with Gasteiger partial charge in [0.25, 0.3) is 0 Å². The fourth-order valence-electron chi connectivity index (χ4n) is 2.32. The van der Waals surface area contributed by atoms with Crippen LogP contribution in [0.2, 0.25) is 0 Å². The second-order valence-corrected chi connectivity index (χ2v) is 6.71. The molecule has 1 heterocycles. The van der Waals surface area contributed by atoms with Gasteiger partial charge in [0, 0.05) is 24.6 Å². The molecule has 1 aliphatic carbocycles. The zero-order valence-electron chi connectivity index (χ0n) is 13.9. The van der Waals surface area contributed by atoms with Gasteiger partial charge >= 0.3 is 0 Å². The highest BCUT2D eigenvalue weighted by Gasteiger charge is 2.27. The van der Waals surface area contributed by atoms with Crippen molar-refractivity contribution in [2.24, 2.45) is 5.92 Å². The Balaban J connectivity index is 2.01. The van der Waals surface area contributed by atoms with Crippen molar-refractivity contribution in [3.05, 3.63) is 11.9 Å². The number of aromatic nitrogens is 2. The van der Waals surface area contributed by atoms with Crippen molar-refractivity contribution in [1.29, 1.82) is 0 Å². The fraction of sp³-hybridized carbons (Fsp3) is 0.765.